The molecular formula is C25H25N7O4. The van der Waals surface area contributed by atoms with Gasteiger partial charge < -0.3 is 25.0 Å². The molecule has 0 spiro atoms. The van der Waals surface area contributed by atoms with Gasteiger partial charge in [0.05, 0.1) is 12.6 Å². The van der Waals surface area contributed by atoms with Crippen molar-refractivity contribution < 1.29 is 19.4 Å². The molecule has 184 valence electrons. The van der Waals surface area contributed by atoms with E-state index in [1.165, 1.54) is 6.33 Å². The second kappa shape index (κ2) is 11.1. The number of carbonyl (C=O) groups excluding carboxylic acids is 1. The second-order valence-electron chi connectivity index (χ2n) is 7.97. The number of nitrogens with one attached hydrogen (secondary N) is 2. The number of benzene rings is 2. The van der Waals surface area contributed by atoms with Crippen LogP contribution in [0.1, 0.15) is 34.7 Å². The zero-order valence-corrected chi connectivity index (χ0v) is 19.8. The number of ether oxygens (including phenoxy) is 1. The molecule has 1 amide bonds. The average Bonchev–Trinajstić information content (AvgIpc) is 3.27. The van der Waals surface area contributed by atoms with Crippen molar-refractivity contribution in [1.82, 2.24) is 30.0 Å². The minimum Gasteiger partial charge on any atom is -0.482 e. The molecule has 4 rings (SSSR count). The van der Waals surface area contributed by atoms with E-state index < -0.39 is 12.6 Å². The topological polar surface area (TPSA) is 144 Å². The van der Waals surface area contributed by atoms with Crippen molar-refractivity contribution in [2.45, 2.75) is 19.5 Å². The molecule has 36 heavy (non-hydrogen) atoms. The number of hydrogen-bond donors (Lipinski definition) is 3. The Morgan fingerprint density at radius 1 is 1.11 bits per heavy atom. The molecule has 1 atom stereocenters. The first-order chi connectivity index (χ1) is 17.4. The van der Waals surface area contributed by atoms with E-state index in [9.17, 15) is 9.59 Å². The fourth-order valence-corrected chi connectivity index (χ4v) is 3.47. The summed E-state index contributed by atoms with van der Waals surface area (Å²) in [7, 11) is 1.87. The van der Waals surface area contributed by atoms with Gasteiger partial charge in [-0.3, -0.25) is 4.79 Å². The summed E-state index contributed by atoms with van der Waals surface area (Å²) in [5.74, 6) is 0.535. The number of aromatic nitrogens is 5. The molecule has 0 aliphatic carbocycles. The summed E-state index contributed by atoms with van der Waals surface area (Å²) in [6.07, 6.45) is 3.11. The van der Waals surface area contributed by atoms with Gasteiger partial charge in [0.2, 0.25) is 0 Å². The average molecular weight is 488 g/mol. The Morgan fingerprint density at radius 3 is 2.64 bits per heavy atom. The molecule has 0 unspecified atom stereocenters. The van der Waals surface area contributed by atoms with Crippen molar-refractivity contribution in [3.8, 4) is 17.3 Å². The van der Waals surface area contributed by atoms with Crippen LogP contribution in [0.15, 0.2) is 67.1 Å². The monoisotopic (exact) mass is 487 g/mol. The molecule has 0 saturated carbocycles. The zero-order chi connectivity index (χ0) is 25.5. The number of carbonyl (C=O) groups is 2. The molecule has 2 heterocycles. The summed E-state index contributed by atoms with van der Waals surface area (Å²) in [6, 6.07) is 15.6. The Kier molecular flexibility index (Phi) is 7.49. The summed E-state index contributed by atoms with van der Waals surface area (Å²) < 4.78 is 7.00. The molecule has 0 bridgehead atoms. The number of nitrogens with zero attached hydrogens (tertiary/aromatic N) is 5. The molecule has 0 saturated heterocycles. The minimum absolute atomic E-state index is 0.220. The molecule has 0 fully saturated rings. The van der Waals surface area contributed by atoms with Crippen molar-refractivity contribution in [1.29, 1.82) is 0 Å². The Labute approximate surface area is 207 Å². The van der Waals surface area contributed by atoms with Crippen molar-refractivity contribution >= 4 is 17.6 Å². The van der Waals surface area contributed by atoms with Crippen LogP contribution < -0.4 is 15.4 Å². The van der Waals surface area contributed by atoms with Crippen molar-refractivity contribution in [3.63, 3.8) is 0 Å². The van der Waals surface area contributed by atoms with Gasteiger partial charge in [0.1, 0.15) is 17.8 Å². The van der Waals surface area contributed by atoms with Crippen LogP contribution in [0, 0.1) is 0 Å². The summed E-state index contributed by atoms with van der Waals surface area (Å²) in [5, 5.41) is 23.4. The Morgan fingerprint density at radius 2 is 1.92 bits per heavy atom. The first-order valence-corrected chi connectivity index (χ1v) is 11.1. The quantitative estimate of drug-likeness (QED) is 0.307. The minimum atomic E-state index is -1.04. The van der Waals surface area contributed by atoms with Crippen LogP contribution in [0.2, 0.25) is 0 Å². The summed E-state index contributed by atoms with van der Waals surface area (Å²) in [4.78, 5) is 31.6. The largest absolute Gasteiger partial charge is 0.482 e. The van der Waals surface area contributed by atoms with Crippen molar-refractivity contribution in [3.05, 3.63) is 84.1 Å². The fourth-order valence-electron chi connectivity index (χ4n) is 3.47. The fraction of sp³-hybridized carbons (Fsp3) is 0.200. The molecule has 4 aromatic rings. The lowest BCUT2D eigenvalue weighted by Crippen LogP contribution is -2.26. The molecule has 11 nitrogen and oxygen atoms in total. The molecule has 0 aliphatic rings. The molecule has 2 aromatic heterocycles. The molecule has 0 aliphatic heterocycles. The first-order valence-electron chi connectivity index (χ1n) is 11.1. The van der Waals surface area contributed by atoms with Crippen molar-refractivity contribution in [2.75, 3.05) is 11.9 Å². The van der Waals surface area contributed by atoms with Gasteiger partial charge in [-0.1, -0.05) is 18.2 Å². The van der Waals surface area contributed by atoms with Gasteiger partial charge in [-0.05, 0) is 48.9 Å². The summed E-state index contributed by atoms with van der Waals surface area (Å²) in [5.41, 5.74) is 2.82. The highest BCUT2D eigenvalue weighted by atomic mass is 16.5. The van der Waals surface area contributed by atoms with E-state index in [4.69, 9.17) is 9.84 Å². The van der Waals surface area contributed by atoms with Gasteiger partial charge in [0.25, 0.3) is 5.91 Å². The Balaban J connectivity index is 1.36. The maximum absolute atomic E-state index is 12.8. The van der Waals surface area contributed by atoms with Crippen molar-refractivity contribution in [2.24, 2.45) is 7.05 Å². The van der Waals surface area contributed by atoms with E-state index in [0.717, 1.165) is 11.3 Å². The third kappa shape index (κ3) is 6.00. The predicted octanol–water partition coefficient (Wildman–Crippen LogP) is 2.84. The smallest absolute Gasteiger partial charge is 0.341 e. The van der Waals surface area contributed by atoms with Gasteiger partial charge in [-0.15, -0.1) is 10.2 Å². The van der Waals surface area contributed by atoms with Crippen LogP contribution in [0.25, 0.3) is 11.5 Å². The lowest BCUT2D eigenvalue weighted by Gasteiger charge is -2.15. The van der Waals surface area contributed by atoms with Crippen LogP contribution in [0.5, 0.6) is 5.75 Å². The number of anilines is 1. The Bertz CT molecular complexity index is 1340. The predicted molar refractivity (Wildman–Crippen MR) is 131 cm³/mol. The third-order valence-electron chi connectivity index (χ3n) is 5.44. The van der Waals surface area contributed by atoms with Gasteiger partial charge in [0, 0.05) is 24.5 Å². The second-order valence-corrected chi connectivity index (χ2v) is 7.97. The zero-order valence-electron chi connectivity index (χ0n) is 19.8. The van der Waals surface area contributed by atoms with E-state index in [1.54, 1.807) is 54.7 Å². The van der Waals surface area contributed by atoms with Gasteiger partial charge in [-0.25, -0.2) is 14.8 Å². The third-order valence-corrected chi connectivity index (χ3v) is 5.44. The van der Waals surface area contributed by atoms with Gasteiger partial charge in [-0.2, -0.15) is 0 Å². The van der Waals surface area contributed by atoms with E-state index in [0.29, 0.717) is 35.2 Å². The highest BCUT2D eigenvalue weighted by Gasteiger charge is 2.14. The number of hydrogen-bond acceptors (Lipinski definition) is 8. The normalized spacial score (nSPS) is 11.5. The molecule has 11 heteroatoms. The molecule has 3 N–H and O–H groups in total. The highest BCUT2D eigenvalue weighted by Crippen LogP contribution is 2.19. The van der Waals surface area contributed by atoms with E-state index in [1.807, 2.05) is 24.6 Å². The summed E-state index contributed by atoms with van der Waals surface area (Å²) in [6.45, 7) is 1.87. The van der Waals surface area contributed by atoms with Crippen LogP contribution in [0.3, 0.4) is 0 Å². The SMILES string of the molecule is C[C@@H](NC(=O)c1cccc(NCc2nnc(-c3ccncn3)n2C)c1)c1ccc(OCC(=O)O)cc1. The lowest BCUT2D eigenvalue weighted by molar-refractivity contribution is -0.139. The number of aliphatic carboxylic acids is 1. The summed E-state index contributed by atoms with van der Waals surface area (Å²) >= 11 is 0. The lowest BCUT2D eigenvalue weighted by atomic mass is 10.1. The highest BCUT2D eigenvalue weighted by molar-refractivity contribution is 5.95. The maximum atomic E-state index is 12.8. The van der Waals surface area contributed by atoms with Gasteiger partial charge >= 0.3 is 5.97 Å². The van der Waals surface area contributed by atoms with Crippen LogP contribution >= 0.6 is 0 Å². The maximum Gasteiger partial charge on any atom is 0.341 e. The molecular weight excluding hydrogens is 462 g/mol. The Hall–Kier alpha value is -4.80. The number of amides is 1. The van der Waals surface area contributed by atoms with Crippen LogP contribution in [0.4, 0.5) is 5.69 Å². The number of carboxylic acids is 1. The first kappa shape index (κ1) is 24.3. The van der Waals surface area contributed by atoms with E-state index >= 15 is 0 Å². The molecule has 0 radical (unpaired) electrons. The van der Waals surface area contributed by atoms with E-state index in [-0.39, 0.29) is 11.9 Å². The van der Waals surface area contributed by atoms with Gasteiger partial charge in [0.15, 0.2) is 18.3 Å². The number of carboxylic acid groups (broad SMARTS) is 1. The van der Waals surface area contributed by atoms with E-state index in [2.05, 4.69) is 30.8 Å². The standard InChI is InChI=1S/C25H25N7O4/c1-16(17-6-8-20(9-7-17)36-14-23(33)34)29-25(35)18-4-3-5-19(12-18)27-13-22-30-31-24(32(22)2)21-10-11-26-15-28-21/h3-12,15-16,27H,13-14H2,1-2H3,(H,29,35)(H,33,34)/t16-/m1/s1. The number of rotatable bonds is 10. The molecule has 2 aromatic carbocycles. The van der Waals surface area contributed by atoms with Crippen LogP contribution in [-0.4, -0.2) is 48.3 Å². The van der Waals surface area contributed by atoms with Crippen LogP contribution in [-0.2, 0) is 18.4 Å².